The highest BCUT2D eigenvalue weighted by atomic mass is 19.1. The molecule has 2 nitrogen and oxygen atoms in total. The normalized spacial score (nSPS) is 24.6. The van der Waals surface area contributed by atoms with E-state index in [0.717, 1.165) is 44.6 Å². The highest BCUT2D eigenvalue weighted by Gasteiger charge is 2.22. The Kier molecular flexibility index (Phi) is 4.37. The largest absolute Gasteiger partial charge is 0.487 e. The number of rotatable bonds is 4. The summed E-state index contributed by atoms with van der Waals surface area (Å²) in [6.07, 6.45) is 5.60. The van der Waals surface area contributed by atoms with Crippen LogP contribution in [0.25, 0.3) is 0 Å². The van der Waals surface area contributed by atoms with Gasteiger partial charge in [-0.2, -0.15) is 0 Å². The molecule has 1 aliphatic rings. The van der Waals surface area contributed by atoms with Gasteiger partial charge in [-0.15, -0.1) is 0 Å². The second kappa shape index (κ2) is 6.01. The molecule has 0 amide bonds. The molecule has 2 rings (SSSR count). The van der Waals surface area contributed by atoms with Gasteiger partial charge in [0.1, 0.15) is 0 Å². The molecule has 1 fully saturated rings. The van der Waals surface area contributed by atoms with E-state index in [-0.39, 0.29) is 11.9 Å². The molecule has 0 spiro atoms. The topological polar surface area (TPSA) is 35.2 Å². The Hall–Kier alpha value is -1.09. The first-order valence-corrected chi connectivity index (χ1v) is 6.41. The van der Waals surface area contributed by atoms with E-state index in [4.69, 9.17) is 10.5 Å². The molecule has 0 radical (unpaired) electrons. The molecule has 0 atom stereocenters. The first-order valence-electron chi connectivity index (χ1n) is 6.41. The van der Waals surface area contributed by atoms with Crippen LogP contribution in [0.5, 0.6) is 5.75 Å². The van der Waals surface area contributed by atoms with Crippen LogP contribution < -0.4 is 10.5 Å². The molecule has 0 aliphatic heterocycles. The van der Waals surface area contributed by atoms with Crippen LogP contribution in [0.15, 0.2) is 24.3 Å². The minimum Gasteiger partial charge on any atom is -0.487 e. The number of hydrogen-bond acceptors (Lipinski definition) is 2. The summed E-state index contributed by atoms with van der Waals surface area (Å²) in [6.45, 7) is 0.767. The fourth-order valence-electron chi connectivity index (χ4n) is 2.49. The SMILES string of the molecule is NCCC1CCC(Oc2ccccc2F)CC1. The zero-order chi connectivity index (χ0) is 12.1. The predicted molar refractivity (Wildman–Crippen MR) is 66.4 cm³/mol. The molecule has 0 unspecified atom stereocenters. The monoisotopic (exact) mass is 237 g/mol. The van der Waals surface area contributed by atoms with Gasteiger partial charge in [0.25, 0.3) is 0 Å². The number of halogens is 1. The third-order valence-electron chi connectivity index (χ3n) is 3.50. The van der Waals surface area contributed by atoms with Crippen molar-refractivity contribution in [2.45, 2.75) is 38.2 Å². The molecule has 3 heteroatoms. The van der Waals surface area contributed by atoms with E-state index >= 15 is 0 Å². The number of hydrogen-bond donors (Lipinski definition) is 1. The lowest BCUT2D eigenvalue weighted by Crippen LogP contribution is -2.25. The summed E-state index contributed by atoms with van der Waals surface area (Å²) in [5, 5.41) is 0. The van der Waals surface area contributed by atoms with Crippen molar-refractivity contribution in [3.8, 4) is 5.75 Å². The van der Waals surface area contributed by atoms with E-state index in [1.165, 1.54) is 6.07 Å². The summed E-state index contributed by atoms with van der Waals surface area (Å²) in [7, 11) is 0. The van der Waals surface area contributed by atoms with Gasteiger partial charge < -0.3 is 10.5 Å². The van der Waals surface area contributed by atoms with Crippen LogP contribution in [0.1, 0.15) is 32.1 Å². The lowest BCUT2D eigenvalue weighted by molar-refractivity contribution is 0.124. The van der Waals surface area contributed by atoms with Crippen molar-refractivity contribution in [1.82, 2.24) is 0 Å². The van der Waals surface area contributed by atoms with Crippen LogP contribution in [-0.4, -0.2) is 12.6 Å². The highest BCUT2D eigenvalue weighted by molar-refractivity contribution is 5.23. The number of para-hydroxylation sites is 1. The first-order chi connectivity index (χ1) is 8.29. The number of ether oxygens (including phenoxy) is 1. The third kappa shape index (κ3) is 3.43. The molecule has 0 bridgehead atoms. The molecule has 1 aliphatic carbocycles. The molecule has 1 aromatic rings. The van der Waals surface area contributed by atoms with Gasteiger partial charge >= 0.3 is 0 Å². The Labute approximate surface area is 102 Å². The van der Waals surface area contributed by atoms with Crippen molar-refractivity contribution < 1.29 is 9.13 Å². The molecule has 1 aromatic carbocycles. The quantitative estimate of drug-likeness (QED) is 0.873. The molecule has 0 aromatic heterocycles. The Balaban J connectivity index is 1.84. The van der Waals surface area contributed by atoms with E-state index in [1.807, 2.05) is 0 Å². The van der Waals surface area contributed by atoms with Crippen molar-refractivity contribution >= 4 is 0 Å². The maximum absolute atomic E-state index is 13.4. The van der Waals surface area contributed by atoms with E-state index in [9.17, 15) is 4.39 Å². The molecule has 0 saturated heterocycles. The summed E-state index contributed by atoms with van der Waals surface area (Å²) in [4.78, 5) is 0. The third-order valence-corrected chi connectivity index (χ3v) is 3.50. The van der Waals surface area contributed by atoms with Crippen molar-refractivity contribution in [1.29, 1.82) is 0 Å². The van der Waals surface area contributed by atoms with Crippen molar-refractivity contribution in [3.05, 3.63) is 30.1 Å². The second-order valence-corrected chi connectivity index (χ2v) is 4.77. The molecular weight excluding hydrogens is 217 g/mol. The lowest BCUT2D eigenvalue weighted by Gasteiger charge is -2.28. The van der Waals surface area contributed by atoms with Gasteiger partial charge in [0.2, 0.25) is 0 Å². The Morgan fingerprint density at radius 1 is 1.18 bits per heavy atom. The second-order valence-electron chi connectivity index (χ2n) is 4.77. The van der Waals surface area contributed by atoms with Gasteiger partial charge in [-0.05, 0) is 56.7 Å². The van der Waals surface area contributed by atoms with Crippen LogP contribution in [0.3, 0.4) is 0 Å². The van der Waals surface area contributed by atoms with Gasteiger partial charge in [-0.25, -0.2) is 4.39 Å². The lowest BCUT2D eigenvalue weighted by atomic mass is 9.85. The average molecular weight is 237 g/mol. The fraction of sp³-hybridized carbons (Fsp3) is 0.571. The minimum atomic E-state index is -0.267. The molecule has 94 valence electrons. The van der Waals surface area contributed by atoms with E-state index < -0.39 is 0 Å². The van der Waals surface area contributed by atoms with Crippen LogP contribution >= 0.6 is 0 Å². The summed E-state index contributed by atoms with van der Waals surface area (Å²) >= 11 is 0. The summed E-state index contributed by atoms with van der Waals surface area (Å²) in [5.41, 5.74) is 5.56. The van der Waals surface area contributed by atoms with Crippen molar-refractivity contribution in [2.24, 2.45) is 11.7 Å². The van der Waals surface area contributed by atoms with Gasteiger partial charge in [-0.3, -0.25) is 0 Å². The fourth-order valence-corrected chi connectivity index (χ4v) is 2.49. The standard InChI is InChI=1S/C14H20FNO/c15-13-3-1-2-4-14(13)17-12-7-5-11(6-8-12)9-10-16/h1-4,11-12H,5-10,16H2. The molecule has 2 N–H and O–H groups in total. The Morgan fingerprint density at radius 2 is 1.88 bits per heavy atom. The average Bonchev–Trinajstić information content (AvgIpc) is 2.35. The van der Waals surface area contributed by atoms with E-state index in [2.05, 4.69) is 0 Å². The minimum absolute atomic E-state index is 0.168. The molecule has 1 saturated carbocycles. The van der Waals surface area contributed by atoms with Gasteiger partial charge in [-0.1, -0.05) is 12.1 Å². The first kappa shape index (κ1) is 12.4. The summed E-state index contributed by atoms with van der Waals surface area (Å²) in [6, 6.07) is 6.62. The molecule has 0 heterocycles. The van der Waals surface area contributed by atoms with Crippen LogP contribution in [0.4, 0.5) is 4.39 Å². The zero-order valence-corrected chi connectivity index (χ0v) is 10.1. The number of benzene rings is 1. The predicted octanol–water partition coefficient (Wildman–Crippen LogP) is 3.11. The van der Waals surface area contributed by atoms with E-state index in [0.29, 0.717) is 5.75 Å². The van der Waals surface area contributed by atoms with Crippen LogP contribution in [0, 0.1) is 11.7 Å². The molecular formula is C14H20FNO. The van der Waals surface area contributed by atoms with Crippen LogP contribution in [0.2, 0.25) is 0 Å². The number of nitrogens with two attached hydrogens (primary N) is 1. The Morgan fingerprint density at radius 3 is 2.53 bits per heavy atom. The Bertz CT molecular complexity index is 348. The van der Waals surface area contributed by atoms with Gasteiger partial charge in [0, 0.05) is 0 Å². The maximum Gasteiger partial charge on any atom is 0.165 e. The molecule has 17 heavy (non-hydrogen) atoms. The zero-order valence-electron chi connectivity index (χ0n) is 10.1. The van der Waals surface area contributed by atoms with Gasteiger partial charge in [0.05, 0.1) is 6.10 Å². The smallest absolute Gasteiger partial charge is 0.165 e. The van der Waals surface area contributed by atoms with Crippen molar-refractivity contribution in [2.75, 3.05) is 6.54 Å². The highest BCUT2D eigenvalue weighted by Crippen LogP contribution is 2.29. The van der Waals surface area contributed by atoms with E-state index in [1.54, 1.807) is 18.2 Å². The van der Waals surface area contributed by atoms with Gasteiger partial charge in [0.15, 0.2) is 11.6 Å². The van der Waals surface area contributed by atoms with Crippen LogP contribution in [-0.2, 0) is 0 Å². The summed E-state index contributed by atoms with van der Waals surface area (Å²) in [5.74, 6) is 0.854. The maximum atomic E-state index is 13.4. The summed E-state index contributed by atoms with van der Waals surface area (Å²) < 4.78 is 19.1. The van der Waals surface area contributed by atoms with Crippen molar-refractivity contribution in [3.63, 3.8) is 0 Å².